The number of anilines is 1. The quantitative estimate of drug-likeness (QED) is 0.339. The SMILES string of the molecule is CCc1nnc(N2C(=O)c3oc4ccc(F)cc4c(=O)c3C2c2cccc([N+](=O)[O-])c2)s1. The number of nitrogens with zero attached hydrogens (tertiary/aromatic N) is 4. The molecule has 0 radical (unpaired) electrons. The molecule has 0 saturated heterocycles. The number of rotatable bonds is 4. The maximum absolute atomic E-state index is 13.8. The largest absolute Gasteiger partial charge is 0.450 e. The van der Waals surface area contributed by atoms with Crippen molar-refractivity contribution in [3.05, 3.63) is 90.5 Å². The number of aromatic nitrogens is 2. The predicted molar refractivity (Wildman–Crippen MR) is 113 cm³/mol. The molecule has 2 aromatic carbocycles. The second-order valence-electron chi connectivity index (χ2n) is 7.08. The first-order valence-corrected chi connectivity index (χ1v) is 10.4. The van der Waals surface area contributed by atoms with Crippen molar-refractivity contribution in [3.63, 3.8) is 0 Å². The Morgan fingerprint density at radius 1 is 1.22 bits per heavy atom. The lowest BCUT2D eigenvalue weighted by molar-refractivity contribution is -0.384. The van der Waals surface area contributed by atoms with Gasteiger partial charge in [0, 0.05) is 12.1 Å². The van der Waals surface area contributed by atoms with Gasteiger partial charge >= 0.3 is 0 Å². The normalized spacial score (nSPS) is 15.4. The number of amides is 1. The number of hydrogen-bond acceptors (Lipinski definition) is 8. The fourth-order valence-electron chi connectivity index (χ4n) is 3.75. The highest BCUT2D eigenvalue weighted by molar-refractivity contribution is 7.15. The average Bonchev–Trinajstić information content (AvgIpc) is 3.37. The number of hydrogen-bond donors (Lipinski definition) is 0. The lowest BCUT2D eigenvalue weighted by Gasteiger charge is -2.21. The molecule has 1 aliphatic heterocycles. The number of halogens is 1. The van der Waals surface area contributed by atoms with E-state index in [1.54, 1.807) is 6.07 Å². The van der Waals surface area contributed by atoms with Crippen molar-refractivity contribution in [2.45, 2.75) is 19.4 Å². The summed E-state index contributed by atoms with van der Waals surface area (Å²) >= 11 is 1.17. The van der Waals surface area contributed by atoms with Gasteiger partial charge in [0.1, 0.15) is 16.4 Å². The minimum absolute atomic E-state index is 0.0261. The number of nitro groups is 1. The molecule has 9 nitrogen and oxygen atoms in total. The van der Waals surface area contributed by atoms with Crippen LogP contribution in [-0.4, -0.2) is 21.0 Å². The minimum atomic E-state index is -1.04. The van der Waals surface area contributed by atoms with E-state index < -0.39 is 28.1 Å². The summed E-state index contributed by atoms with van der Waals surface area (Å²) in [6, 6.07) is 8.05. The molecule has 0 bridgehead atoms. The average molecular weight is 452 g/mol. The number of fused-ring (bicyclic) bond motifs is 2. The van der Waals surface area contributed by atoms with E-state index in [2.05, 4.69) is 10.2 Å². The number of benzene rings is 2. The second-order valence-corrected chi connectivity index (χ2v) is 8.12. The highest BCUT2D eigenvalue weighted by atomic mass is 32.1. The first-order valence-electron chi connectivity index (χ1n) is 9.55. The Morgan fingerprint density at radius 2 is 2.03 bits per heavy atom. The molecule has 5 rings (SSSR count). The van der Waals surface area contributed by atoms with E-state index in [1.165, 1.54) is 40.5 Å². The van der Waals surface area contributed by atoms with Crippen LogP contribution < -0.4 is 10.3 Å². The summed E-state index contributed by atoms with van der Waals surface area (Å²) in [7, 11) is 0. The monoisotopic (exact) mass is 452 g/mol. The summed E-state index contributed by atoms with van der Waals surface area (Å²) in [5.41, 5.74) is -0.432. The highest BCUT2D eigenvalue weighted by Gasteiger charge is 2.45. The molecule has 160 valence electrons. The first kappa shape index (κ1) is 19.9. The van der Waals surface area contributed by atoms with Gasteiger partial charge in [0.25, 0.3) is 11.6 Å². The van der Waals surface area contributed by atoms with Crippen LogP contribution in [0.5, 0.6) is 0 Å². The van der Waals surface area contributed by atoms with E-state index in [1.807, 2.05) is 6.92 Å². The van der Waals surface area contributed by atoms with Crippen molar-refractivity contribution in [1.82, 2.24) is 10.2 Å². The Hall–Kier alpha value is -3.99. The molecular formula is C21H13FN4O5S. The van der Waals surface area contributed by atoms with Crippen molar-refractivity contribution in [2.24, 2.45) is 0 Å². The third-order valence-corrected chi connectivity index (χ3v) is 6.26. The van der Waals surface area contributed by atoms with E-state index in [9.17, 15) is 24.1 Å². The molecule has 0 fully saturated rings. The van der Waals surface area contributed by atoms with Gasteiger partial charge in [-0.2, -0.15) is 0 Å². The second kappa shape index (κ2) is 7.31. The fourth-order valence-corrected chi connectivity index (χ4v) is 4.56. The van der Waals surface area contributed by atoms with Gasteiger partial charge in [-0.15, -0.1) is 10.2 Å². The summed E-state index contributed by atoms with van der Waals surface area (Å²) in [5, 5.41) is 20.3. The molecule has 0 N–H and O–H groups in total. The molecule has 1 unspecified atom stereocenters. The van der Waals surface area contributed by atoms with Crippen LogP contribution in [0.25, 0.3) is 11.0 Å². The summed E-state index contributed by atoms with van der Waals surface area (Å²) in [6.45, 7) is 1.88. The number of non-ortho nitro benzene ring substituents is 1. The number of carbonyl (C=O) groups is 1. The highest BCUT2D eigenvalue weighted by Crippen LogP contribution is 2.42. The van der Waals surface area contributed by atoms with Gasteiger partial charge in [0.05, 0.1) is 21.9 Å². The molecule has 1 atom stereocenters. The van der Waals surface area contributed by atoms with Crippen molar-refractivity contribution >= 4 is 39.0 Å². The molecule has 2 aromatic heterocycles. The molecule has 0 aliphatic carbocycles. The Morgan fingerprint density at radius 3 is 2.75 bits per heavy atom. The van der Waals surface area contributed by atoms with Crippen LogP contribution in [0.3, 0.4) is 0 Å². The molecular weight excluding hydrogens is 439 g/mol. The maximum Gasteiger partial charge on any atom is 0.297 e. The molecule has 32 heavy (non-hydrogen) atoms. The Kier molecular flexibility index (Phi) is 4.55. The van der Waals surface area contributed by atoms with Gasteiger partial charge in [-0.25, -0.2) is 4.39 Å². The van der Waals surface area contributed by atoms with Crippen LogP contribution >= 0.6 is 11.3 Å². The standard InChI is InChI=1S/C21H13FN4O5S/c1-2-15-23-24-21(32-15)25-17(10-4-3-5-12(8-10)26(29)30)16-18(27)13-9-11(22)6-7-14(13)31-19(16)20(25)28/h3-9,17H,2H2,1H3. The smallest absolute Gasteiger partial charge is 0.297 e. The van der Waals surface area contributed by atoms with Gasteiger partial charge in [-0.05, 0) is 30.2 Å². The molecule has 1 aliphatic rings. The summed E-state index contributed by atoms with van der Waals surface area (Å²) in [4.78, 5) is 38.8. The van der Waals surface area contributed by atoms with Gasteiger partial charge in [-0.1, -0.05) is 30.4 Å². The molecule has 3 heterocycles. The molecule has 4 aromatic rings. The van der Waals surface area contributed by atoms with E-state index in [4.69, 9.17) is 4.42 Å². The van der Waals surface area contributed by atoms with Crippen molar-refractivity contribution in [1.29, 1.82) is 0 Å². The lowest BCUT2D eigenvalue weighted by Crippen LogP contribution is -2.29. The fraction of sp³-hybridized carbons (Fsp3) is 0.143. The molecule has 0 saturated carbocycles. The van der Waals surface area contributed by atoms with E-state index in [0.29, 0.717) is 17.0 Å². The summed E-state index contributed by atoms with van der Waals surface area (Å²) in [6.07, 6.45) is 0.592. The van der Waals surface area contributed by atoms with Crippen LogP contribution in [0.1, 0.15) is 39.7 Å². The topological polar surface area (TPSA) is 119 Å². The van der Waals surface area contributed by atoms with E-state index >= 15 is 0 Å². The third-order valence-electron chi connectivity index (χ3n) is 5.19. The van der Waals surface area contributed by atoms with Crippen molar-refractivity contribution in [3.8, 4) is 0 Å². The predicted octanol–water partition coefficient (Wildman–Crippen LogP) is 4.00. The Bertz CT molecular complexity index is 1480. The molecule has 11 heteroatoms. The van der Waals surface area contributed by atoms with Gasteiger partial charge in [-0.3, -0.25) is 24.6 Å². The van der Waals surface area contributed by atoms with Gasteiger partial charge in [0.15, 0.2) is 5.43 Å². The van der Waals surface area contributed by atoms with E-state index in [0.717, 1.165) is 12.1 Å². The van der Waals surface area contributed by atoms with E-state index in [-0.39, 0.29) is 33.1 Å². The third kappa shape index (κ3) is 2.97. The van der Waals surface area contributed by atoms with Gasteiger partial charge in [0.2, 0.25) is 10.9 Å². The Balaban J connectivity index is 1.81. The Labute approximate surface area is 182 Å². The molecule has 0 spiro atoms. The van der Waals surface area contributed by atoms with Gasteiger partial charge < -0.3 is 4.42 Å². The summed E-state index contributed by atoms with van der Waals surface area (Å²) < 4.78 is 19.6. The lowest BCUT2D eigenvalue weighted by atomic mass is 9.98. The number of aryl methyl sites for hydroxylation is 1. The number of nitro benzene ring substituents is 1. The van der Waals surface area contributed by atoms with Crippen LogP contribution in [0.2, 0.25) is 0 Å². The maximum atomic E-state index is 13.8. The molecule has 1 amide bonds. The zero-order valence-electron chi connectivity index (χ0n) is 16.4. The first-order chi connectivity index (χ1) is 15.4. The van der Waals surface area contributed by atoms with Crippen LogP contribution in [0, 0.1) is 15.9 Å². The number of carbonyl (C=O) groups excluding carboxylic acids is 1. The summed E-state index contributed by atoms with van der Waals surface area (Å²) in [5.74, 6) is -1.47. The zero-order valence-corrected chi connectivity index (χ0v) is 17.3. The zero-order chi connectivity index (χ0) is 22.6. The van der Waals surface area contributed by atoms with Crippen molar-refractivity contribution in [2.75, 3.05) is 4.90 Å². The minimum Gasteiger partial charge on any atom is -0.450 e. The van der Waals surface area contributed by atoms with Crippen LogP contribution in [0.15, 0.2) is 51.7 Å². The van der Waals surface area contributed by atoms with Crippen molar-refractivity contribution < 1.29 is 18.5 Å². The van der Waals surface area contributed by atoms with Crippen LogP contribution in [0.4, 0.5) is 15.2 Å². The van der Waals surface area contributed by atoms with Crippen LogP contribution in [-0.2, 0) is 6.42 Å².